The summed E-state index contributed by atoms with van der Waals surface area (Å²) in [6.07, 6.45) is 9.11. The Morgan fingerprint density at radius 3 is 2.15 bits per heavy atom. The highest BCUT2D eigenvalue weighted by Gasteiger charge is 2.57. The molecule has 0 radical (unpaired) electrons. The van der Waals surface area contributed by atoms with Crippen LogP contribution in [0.25, 0.3) is 0 Å². The van der Waals surface area contributed by atoms with E-state index >= 15 is 0 Å². The van der Waals surface area contributed by atoms with Gasteiger partial charge in [-0.1, -0.05) is 43.3 Å². The molecule has 0 aromatic carbocycles. The molecule has 3 N–H and O–H groups in total. The normalized spacial score (nSPS) is 30.2. The molecular formula is C21H32N2O4. The molecule has 6 heteroatoms. The fraction of sp³-hybridized carbons (Fsp3) is 0.762. The van der Waals surface area contributed by atoms with Gasteiger partial charge in [0.25, 0.3) is 0 Å². The van der Waals surface area contributed by atoms with Crippen molar-refractivity contribution in [2.45, 2.75) is 71.6 Å². The molecule has 0 saturated heterocycles. The number of rotatable bonds is 5. The summed E-state index contributed by atoms with van der Waals surface area (Å²) in [6, 6.07) is 0. The molecule has 6 nitrogen and oxygen atoms in total. The van der Waals surface area contributed by atoms with Crippen molar-refractivity contribution in [3.63, 3.8) is 0 Å². The Hall–Kier alpha value is -1.85. The summed E-state index contributed by atoms with van der Waals surface area (Å²) < 4.78 is 0. The maximum absolute atomic E-state index is 12.7. The molecule has 0 aromatic heterocycles. The van der Waals surface area contributed by atoms with E-state index in [2.05, 4.69) is 10.9 Å². The van der Waals surface area contributed by atoms with Crippen molar-refractivity contribution in [2.75, 3.05) is 0 Å². The number of carbonyl (C=O) groups is 3. The topological polar surface area (TPSA) is 95.5 Å². The Kier molecular flexibility index (Phi) is 6.22. The molecule has 3 saturated carbocycles. The zero-order valence-corrected chi connectivity index (χ0v) is 16.4. The standard InChI is InChI=1S/C21H32N2O4/c1-12(2)17-14-9-10-15(17)19(21(26)27)18(14)20(25)23-22-16(24)11-8-13-6-4-3-5-7-13/h13-15,18-19H,3-11H2,1-2H3,(H,22,24)(H,23,25)(H,26,27)/t14-,15-,18+,19+/m0/s1. The first-order valence-electron chi connectivity index (χ1n) is 10.4. The second-order valence-corrected chi connectivity index (χ2v) is 8.72. The first kappa shape index (κ1) is 19.9. The van der Waals surface area contributed by atoms with Crippen LogP contribution in [-0.2, 0) is 14.4 Å². The molecule has 0 unspecified atom stereocenters. The van der Waals surface area contributed by atoms with Gasteiger partial charge in [-0.05, 0) is 50.9 Å². The maximum atomic E-state index is 12.7. The van der Waals surface area contributed by atoms with E-state index in [1.807, 2.05) is 13.8 Å². The highest BCUT2D eigenvalue weighted by molar-refractivity contribution is 5.89. The number of fused-ring (bicyclic) bond motifs is 2. The van der Waals surface area contributed by atoms with E-state index < -0.39 is 17.8 Å². The highest BCUT2D eigenvalue weighted by atomic mass is 16.4. The van der Waals surface area contributed by atoms with Crippen molar-refractivity contribution in [3.8, 4) is 0 Å². The number of hydrogen-bond donors (Lipinski definition) is 3. The lowest BCUT2D eigenvalue weighted by Crippen LogP contribution is -2.48. The van der Waals surface area contributed by atoms with Crippen molar-refractivity contribution >= 4 is 17.8 Å². The SMILES string of the molecule is CC(C)=C1[C@@H]2CC[C@@H]1[C@@H](C(=O)NNC(=O)CCC1CCCCC1)[C@@H]2C(=O)O. The predicted molar refractivity (Wildman–Crippen MR) is 101 cm³/mol. The van der Waals surface area contributed by atoms with E-state index in [1.54, 1.807) is 0 Å². The fourth-order valence-corrected chi connectivity index (χ4v) is 5.69. The van der Waals surface area contributed by atoms with Crippen molar-refractivity contribution < 1.29 is 19.5 Å². The van der Waals surface area contributed by atoms with Gasteiger partial charge in [-0.15, -0.1) is 0 Å². The number of carboxylic acid groups (broad SMARTS) is 1. The summed E-state index contributed by atoms with van der Waals surface area (Å²) >= 11 is 0. The predicted octanol–water partition coefficient (Wildman–Crippen LogP) is 3.19. The zero-order valence-electron chi connectivity index (χ0n) is 16.4. The molecule has 2 amide bonds. The third-order valence-electron chi connectivity index (χ3n) is 6.84. The molecule has 150 valence electrons. The molecule has 4 atom stereocenters. The van der Waals surface area contributed by atoms with Gasteiger partial charge in [-0.2, -0.15) is 0 Å². The number of allylic oxidation sites excluding steroid dienone is 2. The monoisotopic (exact) mass is 376 g/mol. The third kappa shape index (κ3) is 4.19. The van der Waals surface area contributed by atoms with Crippen molar-refractivity contribution in [1.29, 1.82) is 0 Å². The third-order valence-corrected chi connectivity index (χ3v) is 6.84. The van der Waals surface area contributed by atoms with E-state index in [-0.39, 0.29) is 23.7 Å². The van der Waals surface area contributed by atoms with E-state index in [0.29, 0.717) is 12.3 Å². The van der Waals surface area contributed by atoms with Crippen LogP contribution in [0.2, 0.25) is 0 Å². The van der Waals surface area contributed by atoms with E-state index in [4.69, 9.17) is 0 Å². The second kappa shape index (κ2) is 8.44. The van der Waals surface area contributed by atoms with Crippen molar-refractivity contribution in [1.82, 2.24) is 10.9 Å². The Balaban J connectivity index is 1.54. The molecule has 0 spiro atoms. The minimum absolute atomic E-state index is 0.0137. The van der Waals surface area contributed by atoms with Gasteiger partial charge in [0.2, 0.25) is 11.8 Å². The van der Waals surface area contributed by atoms with E-state index in [0.717, 1.165) is 30.4 Å². The van der Waals surface area contributed by atoms with Gasteiger partial charge in [0.1, 0.15) is 0 Å². The lowest BCUT2D eigenvalue weighted by Gasteiger charge is -2.26. The molecule has 3 aliphatic carbocycles. The smallest absolute Gasteiger partial charge is 0.307 e. The second-order valence-electron chi connectivity index (χ2n) is 8.72. The minimum Gasteiger partial charge on any atom is -0.481 e. The lowest BCUT2D eigenvalue weighted by molar-refractivity contribution is -0.149. The van der Waals surface area contributed by atoms with Gasteiger partial charge in [-0.25, -0.2) is 0 Å². The molecule has 27 heavy (non-hydrogen) atoms. The van der Waals surface area contributed by atoms with Crippen LogP contribution >= 0.6 is 0 Å². The zero-order chi connectivity index (χ0) is 19.6. The number of aliphatic carboxylic acids is 1. The fourth-order valence-electron chi connectivity index (χ4n) is 5.69. The molecule has 0 aliphatic heterocycles. The van der Waals surface area contributed by atoms with Gasteiger partial charge in [0.05, 0.1) is 11.8 Å². The Morgan fingerprint density at radius 2 is 1.56 bits per heavy atom. The molecule has 0 aromatic rings. The quantitative estimate of drug-likeness (QED) is 0.507. The summed E-state index contributed by atoms with van der Waals surface area (Å²) in [5.41, 5.74) is 7.30. The average molecular weight is 376 g/mol. The Morgan fingerprint density at radius 1 is 0.926 bits per heavy atom. The van der Waals surface area contributed by atoms with Gasteiger partial charge >= 0.3 is 5.97 Å². The lowest BCUT2D eigenvalue weighted by atomic mass is 9.79. The van der Waals surface area contributed by atoms with E-state index in [9.17, 15) is 19.5 Å². The Labute approximate surface area is 161 Å². The van der Waals surface area contributed by atoms with Gasteiger partial charge in [0.15, 0.2) is 0 Å². The summed E-state index contributed by atoms with van der Waals surface area (Å²) in [6.45, 7) is 3.99. The summed E-state index contributed by atoms with van der Waals surface area (Å²) in [5.74, 6) is -2.19. The average Bonchev–Trinajstić information content (AvgIpc) is 3.21. The van der Waals surface area contributed by atoms with Crippen LogP contribution in [0.5, 0.6) is 0 Å². The molecule has 3 fully saturated rings. The first-order chi connectivity index (χ1) is 12.9. The number of hydrogen-bond acceptors (Lipinski definition) is 3. The van der Waals surface area contributed by atoms with Crippen LogP contribution < -0.4 is 10.9 Å². The van der Waals surface area contributed by atoms with Gasteiger partial charge < -0.3 is 5.11 Å². The van der Waals surface area contributed by atoms with Gasteiger partial charge in [0, 0.05) is 6.42 Å². The summed E-state index contributed by atoms with van der Waals surface area (Å²) in [4.78, 5) is 36.6. The van der Waals surface area contributed by atoms with Crippen LogP contribution in [-0.4, -0.2) is 22.9 Å². The molecular weight excluding hydrogens is 344 g/mol. The van der Waals surface area contributed by atoms with Crippen LogP contribution in [0.1, 0.15) is 71.6 Å². The largest absolute Gasteiger partial charge is 0.481 e. The van der Waals surface area contributed by atoms with Crippen LogP contribution in [0.4, 0.5) is 0 Å². The number of carboxylic acids is 1. The number of amides is 2. The first-order valence-corrected chi connectivity index (χ1v) is 10.4. The Bertz CT molecular complexity index is 632. The van der Waals surface area contributed by atoms with E-state index in [1.165, 1.54) is 32.1 Å². The molecule has 3 rings (SSSR count). The number of hydrazine groups is 1. The minimum atomic E-state index is -0.912. The van der Waals surface area contributed by atoms with Crippen molar-refractivity contribution in [3.05, 3.63) is 11.1 Å². The van der Waals surface area contributed by atoms with Crippen molar-refractivity contribution in [2.24, 2.45) is 29.6 Å². The summed E-state index contributed by atoms with van der Waals surface area (Å²) in [7, 11) is 0. The van der Waals surface area contributed by atoms with Crippen LogP contribution in [0.15, 0.2) is 11.1 Å². The molecule has 0 heterocycles. The molecule has 3 aliphatic rings. The van der Waals surface area contributed by atoms with Gasteiger partial charge in [-0.3, -0.25) is 25.2 Å². The maximum Gasteiger partial charge on any atom is 0.307 e. The highest BCUT2D eigenvalue weighted by Crippen LogP contribution is 2.57. The number of nitrogens with one attached hydrogen (secondary N) is 2. The van der Waals surface area contributed by atoms with Crippen LogP contribution in [0.3, 0.4) is 0 Å². The summed E-state index contributed by atoms with van der Waals surface area (Å²) in [5, 5.41) is 9.67. The molecule has 2 bridgehead atoms. The number of carbonyl (C=O) groups excluding carboxylic acids is 2. The van der Waals surface area contributed by atoms with Crippen LogP contribution in [0, 0.1) is 29.6 Å².